The van der Waals surface area contributed by atoms with Gasteiger partial charge in [0.05, 0.1) is 12.5 Å². The van der Waals surface area contributed by atoms with Gasteiger partial charge in [-0.2, -0.15) is 4.39 Å². The molecule has 2 aliphatic rings. The molecule has 1 unspecified atom stereocenters. The lowest BCUT2D eigenvalue weighted by molar-refractivity contribution is -0.134. The first kappa shape index (κ1) is 27.3. The molecule has 0 spiro atoms. The maximum atomic E-state index is 13.8. The second kappa shape index (κ2) is 12.3. The lowest BCUT2D eigenvalue weighted by Gasteiger charge is -2.31. The van der Waals surface area contributed by atoms with E-state index in [2.05, 4.69) is 11.4 Å². The van der Waals surface area contributed by atoms with E-state index < -0.39 is 23.2 Å². The molecular formula is C31H30ClF3N2O2. The number of nitrogens with one attached hydrogen (secondary N) is 1. The summed E-state index contributed by atoms with van der Waals surface area (Å²) in [5.74, 6) is -4.26. The third-order valence-electron chi connectivity index (χ3n) is 7.20. The van der Waals surface area contributed by atoms with Gasteiger partial charge in [-0.3, -0.25) is 4.79 Å². The topological polar surface area (TPSA) is 41.6 Å². The van der Waals surface area contributed by atoms with E-state index in [4.69, 9.17) is 16.3 Å². The second-order valence-corrected chi connectivity index (χ2v) is 10.4. The number of carbonyl (C=O) groups excluding carboxylic acids is 1. The number of benzene rings is 3. The monoisotopic (exact) mass is 554 g/mol. The van der Waals surface area contributed by atoms with E-state index in [0.717, 1.165) is 47.2 Å². The molecule has 8 heteroatoms. The van der Waals surface area contributed by atoms with Crippen molar-refractivity contribution in [1.82, 2.24) is 10.2 Å². The first-order valence-electron chi connectivity index (χ1n) is 13.2. The predicted octanol–water partition coefficient (Wildman–Crippen LogP) is 6.56. The van der Waals surface area contributed by atoms with Crippen molar-refractivity contribution in [2.75, 3.05) is 19.7 Å². The summed E-state index contributed by atoms with van der Waals surface area (Å²) in [6.07, 6.45) is 5.21. The Labute approximate surface area is 231 Å². The number of amides is 1. The van der Waals surface area contributed by atoms with Gasteiger partial charge >= 0.3 is 0 Å². The lowest BCUT2D eigenvalue weighted by Crippen LogP contribution is -2.43. The molecule has 1 aliphatic carbocycles. The number of aryl methyl sites for hydroxylation is 1. The number of hydrogen-bond donors (Lipinski definition) is 1. The summed E-state index contributed by atoms with van der Waals surface area (Å²) in [5.41, 5.74) is 3.98. The smallest absolute Gasteiger partial charge is 0.231 e. The molecule has 0 radical (unpaired) electrons. The fourth-order valence-corrected chi connectivity index (χ4v) is 5.14. The molecule has 0 aromatic heterocycles. The van der Waals surface area contributed by atoms with Crippen molar-refractivity contribution in [3.63, 3.8) is 0 Å². The molecule has 0 saturated heterocycles. The molecular weight excluding hydrogens is 525 g/mol. The first-order chi connectivity index (χ1) is 18.9. The molecule has 1 atom stereocenters. The zero-order chi connectivity index (χ0) is 27.4. The van der Waals surface area contributed by atoms with Crippen LogP contribution in [0.3, 0.4) is 0 Å². The maximum Gasteiger partial charge on any atom is 0.231 e. The van der Waals surface area contributed by atoms with Crippen LogP contribution in [0.5, 0.6) is 5.75 Å². The van der Waals surface area contributed by atoms with E-state index in [-0.39, 0.29) is 24.5 Å². The van der Waals surface area contributed by atoms with E-state index in [1.807, 2.05) is 53.4 Å². The van der Waals surface area contributed by atoms with Crippen LogP contribution in [0.1, 0.15) is 36.0 Å². The van der Waals surface area contributed by atoms with Crippen LogP contribution < -0.4 is 10.1 Å². The third kappa shape index (κ3) is 6.48. The van der Waals surface area contributed by atoms with Crippen molar-refractivity contribution >= 4 is 23.1 Å². The lowest BCUT2D eigenvalue weighted by atomic mass is 9.88. The zero-order valence-corrected chi connectivity index (χ0v) is 22.2. The molecule has 1 amide bonds. The number of rotatable bonds is 10. The number of halogens is 4. The van der Waals surface area contributed by atoms with Crippen LogP contribution >= 0.6 is 11.6 Å². The van der Waals surface area contributed by atoms with Crippen molar-refractivity contribution < 1.29 is 22.7 Å². The summed E-state index contributed by atoms with van der Waals surface area (Å²) in [7, 11) is 0. The Kier molecular flexibility index (Phi) is 8.58. The molecule has 1 N–H and O–H groups in total. The standard InChI is InChI=1S/C31H30ClF3N2O2/c32-26-6-2-1-5-22(26)19-37(23-11-12-23)31(38)25-18-36-16-15-24(25)21-9-7-20(8-10-21)4-3-17-39-30-28(34)14-13-27(33)29(30)35/h1-2,5-10,13-15,23,25,36H,3-4,11-12,16-19H2. The normalized spacial score (nSPS) is 17.0. The Morgan fingerprint density at radius 2 is 1.74 bits per heavy atom. The Morgan fingerprint density at radius 1 is 1.00 bits per heavy atom. The van der Waals surface area contributed by atoms with Crippen LogP contribution in [-0.2, 0) is 17.8 Å². The quantitative estimate of drug-likeness (QED) is 0.228. The van der Waals surface area contributed by atoms with Gasteiger partial charge in [-0.15, -0.1) is 0 Å². The van der Waals surface area contributed by atoms with Gasteiger partial charge in [0.2, 0.25) is 11.7 Å². The molecule has 204 valence electrons. The molecule has 1 aliphatic heterocycles. The Morgan fingerprint density at radius 3 is 2.49 bits per heavy atom. The van der Waals surface area contributed by atoms with Gasteiger partial charge in [-0.05, 0) is 66.1 Å². The minimum Gasteiger partial charge on any atom is -0.488 e. The number of hydrogen-bond acceptors (Lipinski definition) is 3. The molecule has 1 fully saturated rings. The van der Waals surface area contributed by atoms with Crippen LogP contribution in [0.25, 0.3) is 5.57 Å². The maximum absolute atomic E-state index is 13.8. The summed E-state index contributed by atoms with van der Waals surface area (Å²) in [6.45, 7) is 1.81. The molecule has 3 aromatic rings. The summed E-state index contributed by atoms with van der Waals surface area (Å²) < 4.78 is 46.0. The van der Waals surface area contributed by atoms with Gasteiger partial charge in [0.1, 0.15) is 0 Å². The average molecular weight is 555 g/mol. The first-order valence-corrected chi connectivity index (χ1v) is 13.6. The van der Waals surface area contributed by atoms with Crippen molar-refractivity contribution in [3.8, 4) is 5.75 Å². The fourth-order valence-electron chi connectivity index (χ4n) is 4.94. The van der Waals surface area contributed by atoms with Crippen molar-refractivity contribution in [3.05, 3.63) is 106 Å². The van der Waals surface area contributed by atoms with E-state index in [0.29, 0.717) is 37.5 Å². The Hall–Kier alpha value is -3.29. The van der Waals surface area contributed by atoms with Crippen LogP contribution in [0.2, 0.25) is 5.02 Å². The van der Waals surface area contributed by atoms with Crippen LogP contribution in [0.4, 0.5) is 13.2 Å². The van der Waals surface area contributed by atoms with E-state index in [9.17, 15) is 18.0 Å². The van der Waals surface area contributed by atoms with Crippen molar-refractivity contribution in [2.45, 2.75) is 38.3 Å². The fraction of sp³-hybridized carbons (Fsp3) is 0.323. The van der Waals surface area contributed by atoms with E-state index in [1.165, 1.54) is 0 Å². The van der Waals surface area contributed by atoms with E-state index >= 15 is 0 Å². The Bertz CT molecular complexity index is 1360. The van der Waals surface area contributed by atoms with Crippen LogP contribution in [-0.4, -0.2) is 36.5 Å². The highest BCUT2D eigenvalue weighted by atomic mass is 35.5. The Balaban J connectivity index is 1.22. The van der Waals surface area contributed by atoms with Gasteiger partial charge in [0, 0.05) is 30.7 Å². The van der Waals surface area contributed by atoms with Crippen LogP contribution in [0.15, 0.2) is 66.7 Å². The number of ether oxygens (including phenoxy) is 1. The third-order valence-corrected chi connectivity index (χ3v) is 7.57. The van der Waals surface area contributed by atoms with Crippen molar-refractivity contribution in [1.29, 1.82) is 0 Å². The summed E-state index contributed by atoms with van der Waals surface area (Å²) in [6, 6.07) is 17.5. The SMILES string of the molecule is O=C(C1CNCC=C1c1ccc(CCCOc2c(F)ccc(F)c2F)cc1)N(Cc1ccccc1Cl)C1CC1. The second-order valence-electron chi connectivity index (χ2n) is 9.98. The average Bonchev–Trinajstić information content (AvgIpc) is 3.80. The number of carbonyl (C=O) groups is 1. The molecule has 39 heavy (non-hydrogen) atoms. The molecule has 1 heterocycles. The largest absolute Gasteiger partial charge is 0.488 e. The van der Waals surface area contributed by atoms with Gasteiger partial charge in [0.25, 0.3) is 0 Å². The minimum atomic E-state index is -1.31. The van der Waals surface area contributed by atoms with Gasteiger partial charge in [-0.25, -0.2) is 8.78 Å². The highest BCUT2D eigenvalue weighted by Gasteiger charge is 2.38. The van der Waals surface area contributed by atoms with Gasteiger partial charge in [0.15, 0.2) is 17.4 Å². The van der Waals surface area contributed by atoms with Gasteiger partial charge in [-0.1, -0.05) is 60.1 Å². The molecule has 5 rings (SSSR count). The highest BCUT2D eigenvalue weighted by Crippen LogP contribution is 2.35. The summed E-state index contributed by atoms with van der Waals surface area (Å²) in [4.78, 5) is 15.8. The van der Waals surface area contributed by atoms with Crippen LogP contribution in [0, 0.1) is 23.4 Å². The van der Waals surface area contributed by atoms with Gasteiger partial charge < -0.3 is 15.0 Å². The summed E-state index contributed by atoms with van der Waals surface area (Å²) >= 11 is 6.40. The zero-order valence-electron chi connectivity index (χ0n) is 21.4. The molecule has 0 bridgehead atoms. The minimum absolute atomic E-state index is 0.0505. The highest BCUT2D eigenvalue weighted by molar-refractivity contribution is 6.31. The predicted molar refractivity (Wildman–Crippen MR) is 146 cm³/mol. The summed E-state index contributed by atoms with van der Waals surface area (Å²) in [5, 5.41) is 4.00. The van der Waals surface area contributed by atoms with E-state index in [1.54, 1.807) is 0 Å². The molecule has 1 saturated carbocycles. The number of nitrogens with zero attached hydrogens (tertiary/aromatic N) is 1. The molecule has 3 aromatic carbocycles. The van der Waals surface area contributed by atoms with Crippen molar-refractivity contribution in [2.24, 2.45) is 5.92 Å². The molecule has 4 nitrogen and oxygen atoms in total.